The van der Waals surface area contributed by atoms with E-state index in [1.807, 2.05) is 4.90 Å². The van der Waals surface area contributed by atoms with Crippen LogP contribution in [-0.2, 0) is 9.59 Å². The molecule has 9 nitrogen and oxygen atoms in total. The van der Waals surface area contributed by atoms with E-state index in [1.54, 1.807) is 36.3 Å². The van der Waals surface area contributed by atoms with Crippen molar-refractivity contribution in [2.75, 3.05) is 38.6 Å². The second-order valence-corrected chi connectivity index (χ2v) is 10.2. The van der Waals surface area contributed by atoms with E-state index in [0.29, 0.717) is 34.4 Å². The van der Waals surface area contributed by atoms with Crippen molar-refractivity contribution in [3.05, 3.63) is 58.1 Å². The highest BCUT2D eigenvalue weighted by Gasteiger charge is 2.30. The van der Waals surface area contributed by atoms with E-state index in [9.17, 15) is 14.4 Å². The number of likely N-dealkylation sites (tertiary alicyclic amines) is 2. The number of ether oxygens (including phenoxy) is 1. The van der Waals surface area contributed by atoms with Gasteiger partial charge in [-0.15, -0.1) is 0 Å². The molecule has 202 valence electrons. The number of nitrogens with zero attached hydrogens (tertiary/aromatic N) is 3. The zero-order valence-electron chi connectivity index (χ0n) is 21.2. The number of hydrogen-bond acceptors (Lipinski definition) is 5. The normalized spacial score (nSPS) is 18.2. The topological polar surface area (TPSA) is 103 Å². The minimum Gasteiger partial charge on any atom is -0.497 e. The molecule has 2 saturated heterocycles. The number of amides is 3. The lowest BCUT2D eigenvalue weighted by Crippen LogP contribution is -2.45. The van der Waals surface area contributed by atoms with Gasteiger partial charge in [-0.2, -0.15) is 0 Å². The molecule has 2 aliphatic heterocycles. The van der Waals surface area contributed by atoms with Crippen LogP contribution in [0.2, 0.25) is 10.0 Å². The molecule has 0 saturated carbocycles. The minimum absolute atomic E-state index is 0.0387. The first-order valence-electron chi connectivity index (χ1n) is 12.7. The lowest BCUT2D eigenvalue weighted by atomic mass is 10.1. The van der Waals surface area contributed by atoms with Crippen LogP contribution in [0, 0.1) is 0 Å². The number of hydrogen-bond donors (Lipinski definition) is 2. The van der Waals surface area contributed by atoms with E-state index in [0.717, 1.165) is 38.8 Å². The van der Waals surface area contributed by atoms with Crippen LogP contribution in [-0.4, -0.2) is 72.8 Å². The van der Waals surface area contributed by atoms with Crippen molar-refractivity contribution in [1.29, 1.82) is 0 Å². The molecular weight excluding hydrogens is 529 g/mol. The van der Waals surface area contributed by atoms with Crippen LogP contribution < -0.4 is 15.4 Å². The van der Waals surface area contributed by atoms with E-state index in [2.05, 4.69) is 15.6 Å². The molecule has 0 aromatic heterocycles. The summed E-state index contributed by atoms with van der Waals surface area (Å²) in [5, 5.41) is 6.50. The van der Waals surface area contributed by atoms with Gasteiger partial charge >= 0.3 is 0 Å². The molecule has 0 bridgehead atoms. The van der Waals surface area contributed by atoms with Crippen molar-refractivity contribution < 1.29 is 19.1 Å². The maximum Gasteiger partial charge on any atom is 0.258 e. The Balaban J connectivity index is 1.57. The van der Waals surface area contributed by atoms with Gasteiger partial charge in [0.1, 0.15) is 11.8 Å². The highest BCUT2D eigenvalue weighted by atomic mass is 35.5. The Hall–Kier alpha value is -3.30. The maximum atomic E-state index is 13.5. The quantitative estimate of drug-likeness (QED) is 0.407. The summed E-state index contributed by atoms with van der Waals surface area (Å²) < 4.78 is 5.21. The third-order valence-electron chi connectivity index (χ3n) is 6.53. The number of nitrogens with one attached hydrogen (secondary N) is 2. The second kappa shape index (κ2) is 13.0. The van der Waals surface area contributed by atoms with Crippen LogP contribution in [0.3, 0.4) is 0 Å². The molecule has 2 fully saturated rings. The molecule has 2 aromatic carbocycles. The lowest BCUT2D eigenvalue weighted by molar-refractivity contribution is -0.140. The third kappa shape index (κ3) is 7.39. The first kappa shape index (κ1) is 27.7. The molecule has 1 atom stereocenters. The molecule has 0 spiro atoms. The Bertz CT molecular complexity index is 1180. The minimum atomic E-state index is -0.757. The van der Waals surface area contributed by atoms with Crippen molar-refractivity contribution in [2.24, 2.45) is 4.99 Å². The van der Waals surface area contributed by atoms with Gasteiger partial charge in [0.05, 0.1) is 13.7 Å². The van der Waals surface area contributed by atoms with E-state index in [1.165, 1.54) is 18.2 Å². The van der Waals surface area contributed by atoms with Gasteiger partial charge in [0, 0.05) is 40.9 Å². The number of aliphatic imine (C=N–C) groups is 1. The largest absolute Gasteiger partial charge is 0.497 e. The van der Waals surface area contributed by atoms with E-state index in [4.69, 9.17) is 27.9 Å². The summed E-state index contributed by atoms with van der Waals surface area (Å²) in [5.74, 6) is 0.00913. The number of anilines is 1. The van der Waals surface area contributed by atoms with Gasteiger partial charge in [0.25, 0.3) is 5.91 Å². The number of rotatable bonds is 6. The molecule has 0 aliphatic carbocycles. The highest BCUT2D eigenvalue weighted by Crippen LogP contribution is 2.21. The smallest absolute Gasteiger partial charge is 0.258 e. The summed E-state index contributed by atoms with van der Waals surface area (Å²) in [7, 11) is 1.57. The molecule has 3 amide bonds. The van der Waals surface area contributed by atoms with E-state index in [-0.39, 0.29) is 29.9 Å². The van der Waals surface area contributed by atoms with Gasteiger partial charge in [0.15, 0.2) is 0 Å². The Morgan fingerprint density at radius 2 is 1.66 bits per heavy atom. The van der Waals surface area contributed by atoms with Gasteiger partial charge < -0.3 is 19.9 Å². The van der Waals surface area contributed by atoms with E-state index < -0.39 is 11.9 Å². The van der Waals surface area contributed by atoms with Gasteiger partial charge in [-0.3, -0.25) is 19.7 Å². The monoisotopic (exact) mass is 559 g/mol. The third-order valence-corrected chi connectivity index (χ3v) is 6.97. The number of benzene rings is 2. The maximum absolute atomic E-state index is 13.5. The molecule has 4 rings (SSSR count). The highest BCUT2D eigenvalue weighted by molar-refractivity contribution is 6.35. The number of carbonyl (C=O) groups excluding carboxylic acids is 3. The molecule has 2 aliphatic rings. The van der Waals surface area contributed by atoms with Crippen molar-refractivity contribution in [3.63, 3.8) is 0 Å². The predicted molar refractivity (Wildman–Crippen MR) is 148 cm³/mol. The standard InChI is InChI=1S/C27H31Cl2N5O4/c1-38-22-9-7-21(8-10-22)30-27(32-25(36)18-14-19(28)16-20(29)15-18)31-23-6-2-3-13-34(26(23)37)17-24(35)33-11-4-5-12-33/h7-10,14-16,23H,2-6,11-13,17H2,1H3,(H2,30,31,32,36)/t23-/m0/s1. The SMILES string of the molecule is COc1ccc(NC(=N[C@H]2CCCCN(CC(=O)N3CCCC3)C2=O)NC(=O)c2cc(Cl)cc(Cl)c2)cc1. The average molecular weight is 560 g/mol. The zero-order valence-corrected chi connectivity index (χ0v) is 22.7. The first-order valence-corrected chi connectivity index (χ1v) is 13.4. The van der Waals surface area contributed by atoms with Crippen LogP contribution >= 0.6 is 23.2 Å². The van der Waals surface area contributed by atoms with E-state index >= 15 is 0 Å². The first-order chi connectivity index (χ1) is 18.3. The Morgan fingerprint density at radius 1 is 1.00 bits per heavy atom. The molecule has 38 heavy (non-hydrogen) atoms. The number of carbonyl (C=O) groups is 3. The number of guanidine groups is 1. The Kier molecular flexibility index (Phi) is 9.47. The molecule has 0 unspecified atom stereocenters. The fourth-order valence-corrected chi connectivity index (χ4v) is 5.04. The Labute approximate surface area is 232 Å². The lowest BCUT2D eigenvalue weighted by Gasteiger charge is -2.25. The van der Waals surface area contributed by atoms with Crippen LogP contribution in [0.5, 0.6) is 5.75 Å². The van der Waals surface area contributed by atoms with Crippen LogP contribution in [0.1, 0.15) is 42.5 Å². The average Bonchev–Trinajstić information content (AvgIpc) is 3.39. The molecule has 2 N–H and O–H groups in total. The van der Waals surface area contributed by atoms with Crippen molar-refractivity contribution in [3.8, 4) is 5.75 Å². The van der Waals surface area contributed by atoms with Crippen molar-refractivity contribution in [2.45, 2.75) is 38.1 Å². The van der Waals surface area contributed by atoms with Gasteiger partial charge in [0.2, 0.25) is 17.8 Å². The predicted octanol–water partition coefficient (Wildman–Crippen LogP) is 4.20. The van der Waals surface area contributed by atoms with Crippen LogP contribution in [0.25, 0.3) is 0 Å². The molecule has 0 radical (unpaired) electrons. The molecular formula is C27H31Cl2N5O4. The van der Waals surface area contributed by atoms with Crippen LogP contribution in [0.4, 0.5) is 5.69 Å². The number of methoxy groups -OCH3 is 1. The molecule has 2 heterocycles. The Morgan fingerprint density at radius 3 is 2.32 bits per heavy atom. The summed E-state index contributed by atoms with van der Waals surface area (Å²) in [6.45, 7) is 2.01. The fourth-order valence-electron chi connectivity index (χ4n) is 4.52. The van der Waals surface area contributed by atoms with Crippen molar-refractivity contribution >= 4 is 52.6 Å². The summed E-state index contributed by atoms with van der Waals surface area (Å²) in [6.07, 6.45) is 4.02. The molecule has 2 aromatic rings. The second-order valence-electron chi connectivity index (χ2n) is 9.30. The summed E-state index contributed by atoms with van der Waals surface area (Å²) >= 11 is 12.2. The summed E-state index contributed by atoms with van der Waals surface area (Å²) in [5.41, 5.74) is 0.882. The fraction of sp³-hybridized carbons (Fsp3) is 0.407. The van der Waals surface area contributed by atoms with Crippen molar-refractivity contribution in [1.82, 2.24) is 15.1 Å². The van der Waals surface area contributed by atoms with Gasteiger partial charge in [-0.25, -0.2) is 4.99 Å². The van der Waals surface area contributed by atoms with Gasteiger partial charge in [-0.1, -0.05) is 23.2 Å². The zero-order chi connectivity index (χ0) is 27.1. The summed E-state index contributed by atoms with van der Waals surface area (Å²) in [4.78, 5) is 47.3. The van der Waals surface area contributed by atoms with Crippen LogP contribution in [0.15, 0.2) is 47.5 Å². The summed E-state index contributed by atoms with van der Waals surface area (Å²) in [6, 6.07) is 10.8. The molecule has 11 heteroatoms. The number of halogens is 2. The van der Waals surface area contributed by atoms with Gasteiger partial charge in [-0.05, 0) is 74.6 Å².